The number of nitrogens with zero attached hydrogens (tertiary/aromatic N) is 4. The highest BCUT2D eigenvalue weighted by Gasteiger charge is 2.29. The van der Waals surface area contributed by atoms with Gasteiger partial charge in [-0.3, -0.25) is 0 Å². The minimum Gasteiger partial charge on any atom is -0.335 e. The van der Waals surface area contributed by atoms with Crippen LogP contribution < -0.4 is 19.6 Å². The molecule has 0 aromatic heterocycles. The predicted molar refractivity (Wildman–Crippen MR) is 228 cm³/mol. The maximum atomic E-state index is 3.62. The predicted octanol–water partition coefficient (Wildman–Crippen LogP) is 10.5. The van der Waals surface area contributed by atoms with Crippen molar-refractivity contribution in [3.63, 3.8) is 0 Å². The molecule has 0 saturated carbocycles. The van der Waals surface area contributed by atoms with Gasteiger partial charge >= 0.3 is 0 Å². The quantitative estimate of drug-likeness (QED) is 0.145. The van der Waals surface area contributed by atoms with Crippen molar-refractivity contribution >= 4 is 22.7 Å². The van der Waals surface area contributed by atoms with Gasteiger partial charge < -0.3 is 19.6 Å². The fourth-order valence-electron chi connectivity index (χ4n) is 7.07. The van der Waals surface area contributed by atoms with Gasteiger partial charge in [0, 0.05) is 48.4 Å². The van der Waals surface area contributed by atoms with Crippen LogP contribution in [-0.4, -0.2) is 0 Å². The molecule has 4 heteroatoms. The zero-order valence-electron chi connectivity index (χ0n) is 30.9. The first kappa shape index (κ1) is 34.6. The second-order valence-electron chi connectivity index (χ2n) is 14.0. The topological polar surface area (TPSA) is 13.0 Å². The summed E-state index contributed by atoms with van der Waals surface area (Å²) >= 11 is 0. The van der Waals surface area contributed by atoms with E-state index >= 15 is 0 Å². The highest BCUT2D eigenvalue weighted by Crippen LogP contribution is 2.42. The highest BCUT2D eigenvalue weighted by molar-refractivity contribution is 5.81. The van der Waals surface area contributed by atoms with Crippen molar-refractivity contribution in [1.82, 2.24) is 0 Å². The Morgan fingerprint density at radius 2 is 0.554 bits per heavy atom. The van der Waals surface area contributed by atoms with Crippen LogP contribution in [0, 0.1) is 37.0 Å². The van der Waals surface area contributed by atoms with E-state index in [4.69, 9.17) is 0 Å². The first-order chi connectivity index (χ1) is 27.7. The molecule has 7 aromatic rings. The summed E-state index contributed by atoms with van der Waals surface area (Å²) in [5, 5.41) is 0. The summed E-state index contributed by atoms with van der Waals surface area (Å²) in [6, 6.07) is 63.2. The van der Waals surface area contributed by atoms with E-state index in [1.54, 1.807) is 0 Å². The van der Waals surface area contributed by atoms with E-state index in [1.165, 1.54) is 22.3 Å². The van der Waals surface area contributed by atoms with Crippen LogP contribution in [0.1, 0.15) is 44.5 Å². The Hall–Kier alpha value is -7.14. The summed E-state index contributed by atoms with van der Waals surface area (Å²) < 4.78 is 0. The maximum absolute atomic E-state index is 3.62. The zero-order valence-corrected chi connectivity index (χ0v) is 30.9. The normalized spacial score (nSPS) is 12.7. The lowest BCUT2D eigenvalue weighted by atomic mass is 10.1. The molecule has 0 unspecified atom stereocenters. The molecule has 0 N–H and O–H groups in total. The molecule has 4 nitrogen and oxygen atoms in total. The van der Waals surface area contributed by atoms with E-state index in [1.807, 2.05) is 24.3 Å². The monoisotopic (exact) mass is 718 g/mol. The molecule has 0 atom stereocenters. The summed E-state index contributed by atoms with van der Waals surface area (Å²) in [6.45, 7) is 10.2. The molecule has 2 heterocycles. The van der Waals surface area contributed by atoms with Gasteiger partial charge in [-0.25, -0.2) is 0 Å². The van der Waals surface area contributed by atoms with Crippen LogP contribution in [0.2, 0.25) is 0 Å². The summed E-state index contributed by atoms with van der Waals surface area (Å²) in [7, 11) is 0. The second kappa shape index (κ2) is 16.1. The fourth-order valence-corrected chi connectivity index (χ4v) is 7.07. The van der Waals surface area contributed by atoms with E-state index < -0.39 is 0 Å². The van der Waals surface area contributed by atoms with Crippen molar-refractivity contribution < 1.29 is 0 Å². The molecule has 0 fully saturated rings. The summed E-state index contributed by atoms with van der Waals surface area (Å²) in [5.74, 6) is 13.6. The van der Waals surface area contributed by atoms with Gasteiger partial charge in [0.15, 0.2) is 0 Å². The van der Waals surface area contributed by atoms with Gasteiger partial charge in [0.1, 0.15) is 0 Å². The molecule has 266 valence electrons. The molecule has 0 saturated heterocycles. The number of rotatable bonds is 8. The molecule has 7 aromatic carbocycles. The SMILES string of the molecule is [C]1N(Cc2ccccc2)c2ccc(C#Cc3ccc(C#Cc4ccc5c(c4)N(Cc4ccccc4)[C]N5Cc4ccccc4)cc3)cc2N1Cc1ccccc1. The Balaban J connectivity index is 0.915. The van der Waals surface area contributed by atoms with Crippen LogP contribution >= 0.6 is 0 Å². The first-order valence-corrected chi connectivity index (χ1v) is 18.9. The third-order valence-corrected chi connectivity index (χ3v) is 9.92. The molecular weight excluding hydrogens is 681 g/mol. The van der Waals surface area contributed by atoms with Gasteiger partial charge in [0.2, 0.25) is 13.3 Å². The molecule has 0 bridgehead atoms. The number of benzene rings is 7. The van der Waals surface area contributed by atoms with Crippen molar-refractivity contribution in [3.05, 3.63) is 240 Å². The Kier molecular flexibility index (Phi) is 9.94. The van der Waals surface area contributed by atoms with Crippen LogP contribution in [0.25, 0.3) is 0 Å². The minimum absolute atomic E-state index is 0.736. The van der Waals surface area contributed by atoms with Crippen LogP contribution in [0.15, 0.2) is 182 Å². The molecule has 2 aliphatic rings. The van der Waals surface area contributed by atoms with Crippen LogP contribution in [-0.2, 0) is 26.2 Å². The second-order valence-corrected chi connectivity index (χ2v) is 14.0. The lowest BCUT2D eigenvalue weighted by molar-refractivity contribution is 0.849. The van der Waals surface area contributed by atoms with Gasteiger partial charge in [0.25, 0.3) is 0 Å². The Bertz CT molecular complexity index is 2360. The number of hydrogen-bond donors (Lipinski definition) is 0. The number of hydrogen-bond acceptors (Lipinski definition) is 4. The van der Waals surface area contributed by atoms with Crippen LogP contribution in [0.4, 0.5) is 22.7 Å². The van der Waals surface area contributed by atoms with Crippen molar-refractivity contribution in [2.75, 3.05) is 19.6 Å². The van der Waals surface area contributed by atoms with Crippen molar-refractivity contribution in [2.24, 2.45) is 0 Å². The maximum Gasteiger partial charge on any atom is 0.209 e. The third-order valence-electron chi connectivity index (χ3n) is 9.92. The average molecular weight is 719 g/mol. The highest BCUT2D eigenvalue weighted by atomic mass is 15.4. The largest absolute Gasteiger partial charge is 0.335 e. The number of anilines is 4. The Morgan fingerprint density at radius 1 is 0.286 bits per heavy atom. The summed E-state index contributed by atoms with van der Waals surface area (Å²) in [6.07, 6.45) is 0. The fraction of sp³-hybridized carbons (Fsp3) is 0.0769. The molecule has 0 spiro atoms. The van der Waals surface area contributed by atoms with Gasteiger partial charge in [0.05, 0.1) is 22.7 Å². The summed E-state index contributed by atoms with van der Waals surface area (Å²) in [5.41, 5.74) is 13.2. The van der Waals surface area contributed by atoms with Crippen LogP contribution in [0.3, 0.4) is 0 Å². The standard InChI is InChI=1S/C52H38N4/c1-5-13-45(14-6-1)35-53-39-55(37-47-17-9-3-10-18-47)51-33-43(29-31-49(51)53)27-25-41-21-23-42(24-22-41)26-28-44-30-32-50-52(34-44)56(38-48-19-11-4-12-20-48)40-54(50)36-46-15-7-2-8-16-46/h1-24,29-34H,35-38H2. The molecule has 4 radical (unpaired) electrons. The third kappa shape index (κ3) is 8.02. The number of fused-ring (bicyclic) bond motifs is 2. The average Bonchev–Trinajstić information content (AvgIpc) is 3.76. The molecule has 0 aliphatic carbocycles. The van der Waals surface area contributed by atoms with E-state index in [2.05, 4.69) is 214 Å². The molecule has 9 rings (SSSR count). The van der Waals surface area contributed by atoms with Crippen molar-refractivity contribution in [1.29, 1.82) is 0 Å². The van der Waals surface area contributed by atoms with E-state index in [-0.39, 0.29) is 0 Å². The van der Waals surface area contributed by atoms with E-state index in [0.717, 1.165) is 71.2 Å². The lowest BCUT2D eigenvalue weighted by Crippen LogP contribution is -2.24. The summed E-state index contributed by atoms with van der Waals surface area (Å²) in [4.78, 5) is 8.80. The van der Waals surface area contributed by atoms with Crippen molar-refractivity contribution in [2.45, 2.75) is 26.2 Å². The smallest absolute Gasteiger partial charge is 0.209 e. The Labute approximate surface area is 330 Å². The van der Waals surface area contributed by atoms with Gasteiger partial charge in [-0.05, 0) is 82.9 Å². The van der Waals surface area contributed by atoms with E-state index in [0.29, 0.717) is 0 Å². The molecular formula is C52H38N4. The molecule has 2 aliphatic heterocycles. The van der Waals surface area contributed by atoms with Crippen molar-refractivity contribution in [3.8, 4) is 23.7 Å². The molecule has 56 heavy (non-hydrogen) atoms. The van der Waals surface area contributed by atoms with Crippen LogP contribution in [0.5, 0.6) is 0 Å². The Morgan fingerprint density at radius 3 is 0.875 bits per heavy atom. The van der Waals surface area contributed by atoms with Gasteiger partial charge in [-0.1, -0.05) is 145 Å². The van der Waals surface area contributed by atoms with Gasteiger partial charge in [-0.2, -0.15) is 0 Å². The molecule has 0 amide bonds. The minimum atomic E-state index is 0.736. The first-order valence-electron chi connectivity index (χ1n) is 18.9. The van der Waals surface area contributed by atoms with E-state index in [9.17, 15) is 0 Å². The zero-order chi connectivity index (χ0) is 37.5. The lowest BCUT2D eigenvalue weighted by Gasteiger charge is -2.19. The van der Waals surface area contributed by atoms with Gasteiger partial charge in [-0.15, -0.1) is 0 Å².